The van der Waals surface area contributed by atoms with Gasteiger partial charge in [0.25, 0.3) is 5.91 Å². The largest absolute Gasteiger partial charge is 0.455 e. The predicted molar refractivity (Wildman–Crippen MR) is 97.4 cm³/mol. The summed E-state index contributed by atoms with van der Waals surface area (Å²) in [5, 5.41) is 2.65. The van der Waals surface area contributed by atoms with Crippen LogP contribution in [0.5, 0.6) is 0 Å². The van der Waals surface area contributed by atoms with Crippen molar-refractivity contribution in [1.29, 1.82) is 0 Å². The molecule has 0 aliphatic carbocycles. The Kier molecular flexibility index (Phi) is 6.16. The van der Waals surface area contributed by atoms with Gasteiger partial charge in [0, 0.05) is 4.90 Å². The summed E-state index contributed by atoms with van der Waals surface area (Å²) in [5.41, 5.74) is 1.46. The molecule has 6 nitrogen and oxygen atoms in total. The Labute approximate surface area is 152 Å². The zero-order valence-electron chi connectivity index (χ0n) is 14.6. The third kappa shape index (κ3) is 6.04. The second-order valence-corrected chi connectivity index (χ2v) is 9.87. The molecule has 1 aliphatic heterocycles. The molecule has 0 bridgehead atoms. The van der Waals surface area contributed by atoms with Gasteiger partial charge in [-0.3, -0.25) is 9.59 Å². The fourth-order valence-electron chi connectivity index (χ4n) is 2.77. The van der Waals surface area contributed by atoms with E-state index in [2.05, 4.69) is 5.32 Å². The molecule has 25 heavy (non-hydrogen) atoms. The number of esters is 1. The molecule has 1 heterocycles. The van der Waals surface area contributed by atoms with Gasteiger partial charge in [0.15, 0.2) is 16.4 Å². The van der Waals surface area contributed by atoms with Crippen LogP contribution in [-0.4, -0.2) is 49.7 Å². The van der Waals surface area contributed by atoms with Crippen molar-refractivity contribution < 1.29 is 22.7 Å². The van der Waals surface area contributed by atoms with E-state index in [1.807, 2.05) is 32.0 Å². The summed E-state index contributed by atoms with van der Waals surface area (Å²) >= 11 is 1.36. The van der Waals surface area contributed by atoms with E-state index in [0.29, 0.717) is 6.42 Å². The van der Waals surface area contributed by atoms with E-state index in [0.717, 1.165) is 16.0 Å². The number of benzene rings is 1. The Balaban J connectivity index is 1.75. The number of hydrogen-bond donors (Lipinski definition) is 1. The number of sulfone groups is 1. The van der Waals surface area contributed by atoms with Gasteiger partial charge in [-0.15, -0.1) is 11.8 Å². The van der Waals surface area contributed by atoms with Crippen LogP contribution in [0.3, 0.4) is 0 Å². The van der Waals surface area contributed by atoms with E-state index >= 15 is 0 Å². The maximum atomic E-state index is 11.9. The molecule has 0 radical (unpaired) electrons. The number of hydrogen-bond acceptors (Lipinski definition) is 6. The molecule has 0 spiro atoms. The lowest BCUT2D eigenvalue weighted by molar-refractivity contribution is -0.146. The maximum Gasteiger partial charge on any atom is 0.316 e. The van der Waals surface area contributed by atoms with Gasteiger partial charge in [-0.05, 0) is 38.8 Å². The first kappa shape index (κ1) is 19.8. The quantitative estimate of drug-likeness (QED) is 0.591. The molecule has 1 amide bonds. The number of carbonyl (C=O) groups excluding carboxylic acids is 2. The highest BCUT2D eigenvalue weighted by atomic mass is 32.2. The first-order chi connectivity index (χ1) is 11.6. The van der Waals surface area contributed by atoms with Crippen LogP contribution in [-0.2, 0) is 24.2 Å². The van der Waals surface area contributed by atoms with Crippen LogP contribution in [0, 0.1) is 13.8 Å². The number of ether oxygens (including phenoxy) is 1. The molecule has 2 rings (SSSR count). The van der Waals surface area contributed by atoms with E-state index in [1.165, 1.54) is 11.8 Å². The predicted octanol–water partition coefficient (Wildman–Crippen LogP) is 1.63. The second-order valence-electron chi connectivity index (χ2n) is 6.67. The lowest BCUT2D eigenvalue weighted by atomic mass is 10.0. The number of carbonyl (C=O) groups is 2. The van der Waals surface area contributed by atoms with Gasteiger partial charge in [-0.25, -0.2) is 8.42 Å². The molecule has 1 N–H and O–H groups in total. The zero-order chi connectivity index (χ0) is 18.7. The van der Waals surface area contributed by atoms with Crippen molar-refractivity contribution in [3.8, 4) is 0 Å². The van der Waals surface area contributed by atoms with Gasteiger partial charge in [-0.1, -0.05) is 17.7 Å². The minimum Gasteiger partial charge on any atom is -0.455 e. The van der Waals surface area contributed by atoms with E-state index < -0.39 is 33.9 Å². The van der Waals surface area contributed by atoms with E-state index in [-0.39, 0.29) is 17.3 Å². The first-order valence-electron chi connectivity index (χ1n) is 7.96. The number of nitrogens with one attached hydrogen (secondary N) is 1. The van der Waals surface area contributed by atoms with Gasteiger partial charge in [0.05, 0.1) is 22.8 Å². The van der Waals surface area contributed by atoms with Crippen molar-refractivity contribution in [1.82, 2.24) is 5.32 Å². The summed E-state index contributed by atoms with van der Waals surface area (Å²) in [6.07, 6.45) is 0.373. The number of rotatable bonds is 6. The van der Waals surface area contributed by atoms with E-state index in [4.69, 9.17) is 4.74 Å². The first-order valence-corrected chi connectivity index (χ1v) is 10.8. The zero-order valence-corrected chi connectivity index (χ0v) is 16.3. The average Bonchev–Trinajstić information content (AvgIpc) is 2.77. The van der Waals surface area contributed by atoms with Crippen LogP contribution < -0.4 is 5.32 Å². The fraction of sp³-hybridized carbons (Fsp3) is 0.529. The number of thioether (sulfide) groups is 1. The van der Waals surface area contributed by atoms with Crippen LogP contribution in [0.2, 0.25) is 0 Å². The van der Waals surface area contributed by atoms with Crippen molar-refractivity contribution in [2.75, 3.05) is 23.9 Å². The summed E-state index contributed by atoms with van der Waals surface area (Å²) in [6, 6.07) is 5.97. The molecule has 1 aromatic rings. The van der Waals surface area contributed by atoms with Gasteiger partial charge < -0.3 is 10.1 Å². The monoisotopic (exact) mass is 385 g/mol. The Morgan fingerprint density at radius 2 is 2.04 bits per heavy atom. The summed E-state index contributed by atoms with van der Waals surface area (Å²) in [4.78, 5) is 24.7. The van der Waals surface area contributed by atoms with Crippen molar-refractivity contribution in [3.63, 3.8) is 0 Å². The topological polar surface area (TPSA) is 89.5 Å². The van der Waals surface area contributed by atoms with Gasteiger partial charge >= 0.3 is 5.97 Å². The van der Waals surface area contributed by atoms with Crippen molar-refractivity contribution in [2.24, 2.45) is 0 Å². The fourth-order valence-corrected chi connectivity index (χ4v) is 5.67. The smallest absolute Gasteiger partial charge is 0.316 e. The van der Waals surface area contributed by atoms with Crippen LogP contribution >= 0.6 is 11.8 Å². The number of amides is 1. The lowest BCUT2D eigenvalue weighted by Crippen LogP contribution is -2.48. The molecule has 0 aromatic heterocycles. The SMILES string of the molecule is Cc1ccc(SCC(=O)OCC(=O)N[C@]2(C)CCS(=O)(=O)C2)c(C)c1. The van der Waals surface area contributed by atoms with Crippen LogP contribution in [0.25, 0.3) is 0 Å². The van der Waals surface area contributed by atoms with E-state index in [9.17, 15) is 18.0 Å². The molecular weight excluding hydrogens is 362 g/mol. The molecule has 1 aliphatic rings. The molecule has 138 valence electrons. The van der Waals surface area contributed by atoms with Gasteiger partial charge in [-0.2, -0.15) is 0 Å². The van der Waals surface area contributed by atoms with Crippen molar-refractivity contribution >= 4 is 33.5 Å². The summed E-state index contributed by atoms with van der Waals surface area (Å²) < 4.78 is 28.0. The minimum absolute atomic E-state index is 0.0656. The van der Waals surface area contributed by atoms with Gasteiger partial charge in [0.1, 0.15) is 0 Å². The Hall–Kier alpha value is -1.54. The normalized spacial score (nSPS) is 21.7. The molecular formula is C17H23NO5S2. The highest BCUT2D eigenvalue weighted by Gasteiger charge is 2.39. The molecule has 1 saturated heterocycles. The molecule has 0 saturated carbocycles. The molecule has 0 unspecified atom stereocenters. The minimum atomic E-state index is -3.10. The Bertz CT molecular complexity index is 775. The van der Waals surface area contributed by atoms with E-state index in [1.54, 1.807) is 6.92 Å². The summed E-state index contributed by atoms with van der Waals surface area (Å²) in [5.74, 6) is -0.866. The van der Waals surface area contributed by atoms with Crippen molar-refractivity contribution in [2.45, 2.75) is 37.6 Å². The molecule has 1 aromatic carbocycles. The second kappa shape index (κ2) is 7.78. The third-order valence-electron chi connectivity index (χ3n) is 3.98. The van der Waals surface area contributed by atoms with Gasteiger partial charge in [0.2, 0.25) is 0 Å². The van der Waals surface area contributed by atoms with Crippen molar-refractivity contribution in [3.05, 3.63) is 29.3 Å². The average molecular weight is 386 g/mol. The third-order valence-corrected chi connectivity index (χ3v) is 7.04. The molecule has 1 fully saturated rings. The lowest BCUT2D eigenvalue weighted by Gasteiger charge is -2.23. The number of aryl methyl sites for hydroxylation is 2. The van der Waals surface area contributed by atoms with Crippen LogP contribution in [0.4, 0.5) is 0 Å². The highest BCUT2D eigenvalue weighted by Crippen LogP contribution is 2.24. The Morgan fingerprint density at radius 3 is 2.64 bits per heavy atom. The standard InChI is InChI=1S/C17H23NO5S2/c1-12-4-5-14(13(2)8-12)24-10-16(20)23-9-15(19)18-17(3)6-7-25(21,22)11-17/h4-5,8H,6-7,9-11H2,1-3H3,(H,18,19)/t17-/m1/s1. The molecule has 8 heteroatoms. The summed E-state index contributed by atoms with van der Waals surface area (Å²) in [7, 11) is -3.10. The maximum absolute atomic E-state index is 11.9. The van der Waals surface area contributed by atoms with Crippen LogP contribution in [0.15, 0.2) is 23.1 Å². The van der Waals surface area contributed by atoms with Crippen LogP contribution in [0.1, 0.15) is 24.5 Å². The molecule has 1 atom stereocenters. The highest BCUT2D eigenvalue weighted by molar-refractivity contribution is 8.00. The Morgan fingerprint density at radius 1 is 1.32 bits per heavy atom. The summed E-state index contributed by atoms with van der Waals surface area (Å²) in [6.45, 7) is 5.27.